The molecule has 0 unspecified atom stereocenters. The van der Waals surface area contributed by atoms with Gasteiger partial charge in [0.15, 0.2) is 0 Å². The lowest BCUT2D eigenvalue weighted by Crippen LogP contribution is -2.62. The number of carbonyl (C=O) groups is 1. The smallest absolute Gasteiger partial charge is 0.308 e. The highest BCUT2D eigenvalue weighted by Gasteiger charge is 2.49. The Morgan fingerprint density at radius 2 is 1.00 bits per heavy atom. The zero-order chi connectivity index (χ0) is 34.4. The van der Waals surface area contributed by atoms with E-state index in [1.54, 1.807) is 24.3 Å². The van der Waals surface area contributed by atoms with Crippen LogP contribution in [0.2, 0.25) is 0 Å². The number of hydrogen-bond donors (Lipinski definition) is 0. The zero-order valence-electron chi connectivity index (χ0n) is 28.0. The first-order valence-electron chi connectivity index (χ1n) is 16.8. The minimum atomic E-state index is -0.936. The fraction of sp³-hybridized carbons (Fsp3) is 0.262. The van der Waals surface area contributed by atoms with Gasteiger partial charge < -0.3 is 33.2 Å². The van der Waals surface area contributed by atoms with Crippen molar-refractivity contribution >= 4 is 5.97 Å². The molecule has 8 heteroatoms. The summed E-state index contributed by atoms with van der Waals surface area (Å²) in [6, 6.07) is 46.8. The van der Waals surface area contributed by atoms with Crippen LogP contribution in [0.25, 0.3) is 0 Å². The van der Waals surface area contributed by atoms with Gasteiger partial charge in [-0.1, -0.05) is 127 Å². The molecular formula is C42H42O8. The Morgan fingerprint density at radius 1 is 0.540 bits per heavy atom. The third kappa shape index (κ3) is 10.3. The summed E-state index contributed by atoms with van der Waals surface area (Å²) in [5.74, 6) is 0.372. The number of esters is 1. The van der Waals surface area contributed by atoms with Crippen molar-refractivity contribution in [3.8, 4) is 11.5 Å². The van der Waals surface area contributed by atoms with Gasteiger partial charge in [-0.15, -0.1) is 0 Å². The molecule has 0 amide bonds. The molecular weight excluding hydrogens is 632 g/mol. The molecule has 1 aliphatic rings. The van der Waals surface area contributed by atoms with Crippen molar-refractivity contribution in [1.29, 1.82) is 0 Å². The van der Waals surface area contributed by atoms with E-state index in [0.29, 0.717) is 31.3 Å². The van der Waals surface area contributed by atoms with Crippen LogP contribution < -0.4 is 9.47 Å². The Labute approximate surface area is 293 Å². The monoisotopic (exact) mass is 674 g/mol. The molecule has 0 bridgehead atoms. The molecule has 0 N–H and O–H groups in total. The number of benzene rings is 5. The first kappa shape index (κ1) is 35.0. The molecule has 5 aromatic carbocycles. The Morgan fingerprint density at radius 3 is 1.52 bits per heavy atom. The van der Waals surface area contributed by atoms with E-state index in [4.69, 9.17) is 33.2 Å². The zero-order valence-corrected chi connectivity index (χ0v) is 28.0. The fourth-order valence-corrected chi connectivity index (χ4v) is 5.75. The predicted octanol–water partition coefficient (Wildman–Crippen LogP) is 7.69. The van der Waals surface area contributed by atoms with Crippen molar-refractivity contribution in [2.24, 2.45) is 0 Å². The van der Waals surface area contributed by atoms with Gasteiger partial charge in [0.25, 0.3) is 0 Å². The molecule has 1 saturated heterocycles. The van der Waals surface area contributed by atoms with Crippen LogP contribution in [0.15, 0.2) is 146 Å². The summed E-state index contributed by atoms with van der Waals surface area (Å²) >= 11 is 0. The molecule has 50 heavy (non-hydrogen) atoms. The topological polar surface area (TPSA) is 81.7 Å². The average molecular weight is 675 g/mol. The van der Waals surface area contributed by atoms with Gasteiger partial charge in [0.1, 0.15) is 35.9 Å². The highest BCUT2D eigenvalue weighted by atomic mass is 16.7. The van der Waals surface area contributed by atoms with Crippen LogP contribution >= 0.6 is 0 Å². The number of rotatable bonds is 16. The Kier molecular flexibility index (Phi) is 12.8. The van der Waals surface area contributed by atoms with Crippen LogP contribution in [0.3, 0.4) is 0 Å². The second-order valence-electron chi connectivity index (χ2n) is 12.0. The van der Waals surface area contributed by atoms with Crippen molar-refractivity contribution < 1.29 is 38.0 Å². The molecule has 1 aliphatic heterocycles. The van der Waals surface area contributed by atoms with Crippen LogP contribution in [0.4, 0.5) is 0 Å². The van der Waals surface area contributed by atoms with Crippen LogP contribution in [-0.2, 0) is 54.9 Å². The van der Waals surface area contributed by atoms with E-state index in [9.17, 15) is 4.79 Å². The van der Waals surface area contributed by atoms with E-state index < -0.39 is 36.7 Å². The van der Waals surface area contributed by atoms with Crippen LogP contribution in [0.1, 0.15) is 29.2 Å². The van der Waals surface area contributed by atoms with Crippen molar-refractivity contribution in [1.82, 2.24) is 0 Å². The average Bonchev–Trinajstić information content (AvgIpc) is 3.14. The van der Waals surface area contributed by atoms with Gasteiger partial charge in [0.2, 0.25) is 6.29 Å². The molecule has 1 fully saturated rings. The van der Waals surface area contributed by atoms with Crippen LogP contribution in [-0.4, -0.2) is 43.3 Å². The highest BCUT2D eigenvalue weighted by molar-refractivity contribution is 5.69. The predicted molar refractivity (Wildman–Crippen MR) is 188 cm³/mol. The van der Waals surface area contributed by atoms with Crippen molar-refractivity contribution in [3.63, 3.8) is 0 Å². The lowest BCUT2D eigenvalue weighted by Gasteiger charge is -2.45. The minimum Gasteiger partial charge on any atom is -0.462 e. The van der Waals surface area contributed by atoms with Gasteiger partial charge in [-0.3, -0.25) is 4.79 Å². The lowest BCUT2D eigenvalue weighted by atomic mass is 9.97. The standard InChI is InChI=1S/C42H42O8/c1-31(43)48-36-23-14-24-37(25-36)49-42-41(47-29-35-21-12-5-13-22-35)40(46-28-34-19-10-4-11-20-34)39(45-27-33-17-8-3-9-18-33)38(50-42)30-44-26-32-15-6-2-7-16-32/h2-25,38-42H,26-30H2,1H3/t38-,39-,40-,41-,42+/m1/s1. The summed E-state index contributed by atoms with van der Waals surface area (Å²) in [7, 11) is 0. The molecule has 8 nitrogen and oxygen atoms in total. The minimum absolute atomic E-state index is 0.207. The van der Waals surface area contributed by atoms with E-state index in [2.05, 4.69) is 0 Å². The second-order valence-corrected chi connectivity index (χ2v) is 12.0. The molecule has 5 atom stereocenters. The number of ether oxygens (including phenoxy) is 7. The quantitative estimate of drug-likeness (QED) is 0.0779. The van der Waals surface area contributed by atoms with E-state index >= 15 is 0 Å². The molecule has 0 saturated carbocycles. The van der Waals surface area contributed by atoms with Crippen LogP contribution in [0.5, 0.6) is 11.5 Å². The van der Waals surface area contributed by atoms with E-state index in [1.165, 1.54) is 6.92 Å². The van der Waals surface area contributed by atoms with Crippen molar-refractivity contribution in [2.75, 3.05) is 6.61 Å². The van der Waals surface area contributed by atoms with E-state index in [0.717, 1.165) is 22.3 Å². The maximum Gasteiger partial charge on any atom is 0.308 e. The summed E-state index contributed by atoms with van der Waals surface area (Å²) in [6.07, 6.45) is -3.50. The molecule has 1 heterocycles. The summed E-state index contributed by atoms with van der Waals surface area (Å²) < 4.78 is 45.0. The highest BCUT2D eigenvalue weighted by Crippen LogP contribution is 2.33. The molecule has 0 aromatic heterocycles. The fourth-order valence-electron chi connectivity index (χ4n) is 5.75. The maximum absolute atomic E-state index is 11.7. The summed E-state index contributed by atoms with van der Waals surface area (Å²) in [5.41, 5.74) is 4.05. The van der Waals surface area contributed by atoms with Crippen molar-refractivity contribution in [2.45, 2.75) is 64.1 Å². The SMILES string of the molecule is CC(=O)Oc1cccc(O[C@H]2O[C@H](COCc3ccccc3)[C@@H](OCc3ccccc3)[C@@H](OCc3ccccc3)[C@H]2OCc2ccccc2)c1. The van der Waals surface area contributed by atoms with Crippen molar-refractivity contribution in [3.05, 3.63) is 168 Å². The maximum atomic E-state index is 11.7. The summed E-state index contributed by atoms with van der Waals surface area (Å²) in [5, 5.41) is 0. The molecule has 5 aromatic rings. The van der Waals surface area contributed by atoms with Gasteiger partial charge in [0.05, 0.1) is 33.0 Å². The summed E-state index contributed by atoms with van der Waals surface area (Å²) in [6.45, 7) is 2.89. The third-order valence-corrected chi connectivity index (χ3v) is 8.16. The lowest BCUT2D eigenvalue weighted by molar-refractivity contribution is -0.310. The van der Waals surface area contributed by atoms with Gasteiger partial charge in [-0.05, 0) is 34.4 Å². The molecule has 0 spiro atoms. The first-order chi connectivity index (χ1) is 24.6. The third-order valence-electron chi connectivity index (χ3n) is 8.16. The van der Waals surface area contributed by atoms with Gasteiger partial charge in [-0.25, -0.2) is 0 Å². The molecule has 0 radical (unpaired) electrons. The Balaban J connectivity index is 1.33. The molecule has 258 valence electrons. The first-order valence-corrected chi connectivity index (χ1v) is 16.8. The Bertz CT molecular complexity index is 1720. The molecule has 6 rings (SSSR count). The van der Waals surface area contributed by atoms with Crippen LogP contribution in [0, 0.1) is 0 Å². The molecule has 0 aliphatic carbocycles. The summed E-state index contributed by atoms with van der Waals surface area (Å²) in [4.78, 5) is 11.7. The van der Waals surface area contributed by atoms with Gasteiger partial charge >= 0.3 is 5.97 Å². The second kappa shape index (κ2) is 18.2. The van der Waals surface area contributed by atoms with Gasteiger partial charge in [0, 0.05) is 13.0 Å². The number of carbonyl (C=O) groups excluding carboxylic acids is 1. The van der Waals surface area contributed by atoms with E-state index in [-0.39, 0.29) is 13.2 Å². The Hall–Kier alpha value is -4.83. The largest absolute Gasteiger partial charge is 0.462 e. The van der Waals surface area contributed by atoms with Gasteiger partial charge in [-0.2, -0.15) is 0 Å². The van der Waals surface area contributed by atoms with E-state index in [1.807, 2.05) is 121 Å². The number of hydrogen-bond acceptors (Lipinski definition) is 8. The normalized spacial score (nSPS) is 20.2.